The number of esters is 1. The topological polar surface area (TPSA) is 55.6 Å². The SMILES string of the molecule is CCCCOC(=O)c1cc(N)c(N2CCCC2)c(Cl)c1. The molecule has 0 amide bonds. The maximum Gasteiger partial charge on any atom is 0.338 e. The van der Waals surface area contributed by atoms with Crippen LogP contribution in [0.1, 0.15) is 43.0 Å². The van der Waals surface area contributed by atoms with E-state index in [1.54, 1.807) is 12.1 Å². The van der Waals surface area contributed by atoms with Gasteiger partial charge in [0.15, 0.2) is 0 Å². The number of nitrogens with two attached hydrogens (primary N) is 1. The highest BCUT2D eigenvalue weighted by Crippen LogP contribution is 2.35. The van der Waals surface area contributed by atoms with Crippen LogP contribution in [-0.2, 0) is 4.74 Å². The summed E-state index contributed by atoms with van der Waals surface area (Å²) in [6.45, 7) is 4.41. The fourth-order valence-corrected chi connectivity index (χ4v) is 2.75. The van der Waals surface area contributed by atoms with Gasteiger partial charge in [-0.25, -0.2) is 4.79 Å². The smallest absolute Gasteiger partial charge is 0.338 e. The first-order valence-corrected chi connectivity index (χ1v) is 7.52. The largest absolute Gasteiger partial charge is 0.462 e. The van der Waals surface area contributed by atoms with Gasteiger partial charge in [0.2, 0.25) is 0 Å². The van der Waals surface area contributed by atoms with Crippen LogP contribution >= 0.6 is 11.6 Å². The monoisotopic (exact) mass is 296 g/mol. The van der Waals surface area contributed by atoms with E-state index >= 15 is 0 Å². The molecule has 0 saturated carbocycles. The Labute approximate surface area is 124 Å². The van der Waals surface area contributed by atoms with Crippen molar-refractivity contribution < 1.29 is 9.53 Å². The van der Waals surface area contributed by atoms with E-state index in [0.717, 1.165) is 44.5 Å². The van der Waals surface area contributed by atoms with Gasteiger partial charge in [-0.3, -0.25) is 0 Å². The number of carbonyl (C=O) groups is 1. The van der Waals surface area contributed by atoms with Gasteiger partial charge >= 0.3 is 5.97 Å². The number of benzene rings is 1. The highest BCUT2D eigenvalue weighted by atomic mass is 35.5. The number of ether oxygens (including phenoxy) is 1. The van der Waals surface area contributed by atoms with Crippen molar-refractivity contribution in [3.63, 3.8) is 0 Å². The summed E-state index contributed by atoms with van der Waals surface area (Å²) in [6, 6.07) is 3.31. The highest BCUT2D eigenvalue weighted by Gasteiger charge is 2.20. The Hall–Kier alpha value is -1.42. The molecule has 0 aliphatic carbocycles. The molecular formula is C15H21ClN2O2. The molecule has 0 atom stereocenters. The van der Waals surface area contributed by atoms with Crippen LogP contribution in [0.3, 0.4) is 0 Å². The predicted molar refractivity (Wildman–Crippen MR) is 82.5 cm³/mol. The molecule has 5 heteroatoms. The fraction of sp³-hybridized carbons (Fsp3) is 0.533. The van der Waals surface area contributed by atoms with E-state index in [4.69, 9.17) is 22.1 Å². The van der Waals surface area contributed by atoms with E-state index in [1.165, 1.54) is 0 Å². The molecule has 1 aromatic carbocycles. The number of nitrogen functional groups attached to an aromatic ring is 1. The summed E-state index contributed by atoms with van der Waals surface area (Å²) in [5.41, 5.74) is 7.87. The quantitative estimate of drug-likeness (QED) is 0.513. The number of anilines is 2. The average Bonchev–Trinajstić information content (AvgIpc) is 2.91. The molecule has 1 aliphatic heterocycles. The maximum atomic E-state index is 11.9. The van der Waals surface area contributed by atoms with E-state index in [9.17, 15) is 4.79 Å². The summed E-state index contributed by atoms with van der Waals surface area (Å²) in [5, 5.41) is 0.523. The van der Waals surface area contributed by atoms with Gasteiger partial charge in [-0.15, -0.1) is 0 Å². The van der Waals surface area contributed by atoms with Crippen molar-refractivity contribution in [2.75, 3.05) is 30.3 Å². The van der Waals surface area contributed by atoms with Crippen molar-refractivity contribution in [2.45, 2.75) is 32.6 Å². The first-order valence-electron chi connectivity index (χ1n) is 7.14. The van der Waals surface area contributed by atoms with Gasteiger partial charge in [0, 0.05) is 13.1 Å². The van der Waals surface area contributed by atoms with Gasteiger partial charge < -0.3 is 15.4 Å². The van der Waals surface area contributed by atoms with Crippen LogP contribution in [0.15, 0.2) is 12.1 Å². The summed E-state index contributed by atoms with van der Waals surface area (Å²) < 4.78 is 5.18. The number of nitrogens with zero attached hydrogens (tertiary/aromatic N) is 1. The lowest BCUT2D eigenvalue weighted by Gasteiger charge is -2.21. The minimum atomic E-state index is -0.361. The third kappa shape index (κ3) is 3.37. The minimum Gasteiger partial charge on any atom is -0.462 e. The summed E-state index contributed by atoms with van der Waals surface area (Å²) in [5.74, 6) is -0.361. The zero-order chi connectivity index (χ0) is 14.5. The maximum absolute atomic E-state index is 11.9. The van der Waals surface area contributed by atoms with Crippen molar-refractivity contribution in [3.8, 4) is 0 Å². The Morgan fingerprint density at radius 3 is 2.70 bits per heavy atom. The first kappa shape index (κ1) is 15.0. The van der Waals surface area contributed by atoms with Crippen molar-refractivity contribution in [1.82, 2.24) is 0 Å². The van der Waals surface area contributed by atoms with E-state index in [2.05, 4.69) is 4.90 Å². The van der Waals surface area contributed by atoms with Gasteiger partial charge in [0.05, 0.1) is 28.6 Å². The predicted octanol–water partition coefficient (Wildman–Crippen LogP) is 3.48. The number of hydrogen-bond acceptors (Lipinski definition) is 4. The van der Waals surface area contributed by atoms with Crippen LogP contribution in [0.4, 0.5) is 11.4 Å². The number of unbranched alkanes of at least 4 members (excludes halogenated alkanes) is 1. The van der Waals surface area contributed by atoms with Crippen molar-refractivity contribution in [1.29, 1.82) is 0 Å². The van der Waals surface area contributed by atoms with Gasteiger partial charge in [-0.05, 0) is 31.4 Å². The van der Waals surface area contributed by atoms with Crippen LogP contribution in [0, 0.1) is 0 Å². The summed E-state index contributed by atoms with van der Waals surface area (Å²) in [4.78, 5) is 14.1. The van der Waals surface area contributed by atoms with Gasteiger partial charge in [-0.1, -0.05) is 24.9 Å². The summed E-state index contributed by atoms with van der Waals surface area (Å²) in [6.07, 6.45) is 4.15. The Balaban J connectivity index is 2.14. The van der Waals surface area contributed by atoms with Crippen LogP contribution in [0.2, 0.25) is 5.02 Å². The molecule has 0 bridgehead atoms. The molecule has 0 radical (unpaired) electrons. The Morgan fingerprint density at radius 2 is 2.10 bits per heavy atom. The number of carbonyl (C=O) groups excluding carboxylic acids is 1. The van der Waals surface area contributed by atoms with Crippen molar-refractivity contribution in [2.24, 2.45) is 0 Å². The van der Waals surface area contributed by atoms with E-state index in [1.807, 2.05) is 6.92 Å². The molecule has 1 aromatic rings. The van der Waals surface area contributed by atoms with E-state index in [0.29, 0.717) is 22.9 Å². The zero-order valence-electron chi connectivity index (χ0n) is 11.8. The third-order valence-corrected chi connectivity index (χ3v) is 3.77. The van der Waals surface area contributed by atoms with Crippen LogP contribution in [0.25, 0.3) is 0 Å². The lowest BCUT2D eigenvalue weighted by Crippen LogP contribution is -2.20. The third-order valence-electron chi connectivity index (χ3n) is 3.48. The molecule has 2 rings (SSSR count). The van der Waals surface area contributed by atoms with E-state index in [-0.39, 0.29) is 5.97 Å². The molecule has 0 spiro atoms. The molecule has 1 fully saturated rings. The van der Waals surface area contributed by atoms with Gasteiger partial charge in [0.1, 0.15) is 0 Å². The van der Waals surface area contributed by atoms with Gasteiger partial charge in [-0.2, -0.15) is 0 Å². The standard InChI is InChI=1S/C15H21ClN2O2/c1-2-3-8-20-15(19)11-9-12(16)14(13(17)10-11)18-6-4-5-7-18/h9-10H,2-8,17H2,1H3. The molecule has 110 valence electrons. The molecule has 1 heterocycles. The Kier molecular flexibility index (Phi) is 5.12. The second-order valence-corrected chi connectivity index (χ2v) is 5.49. The number of rotatable bonds is 5. The lowest BCUT2D eigenvalue weighted by atomic mass is 10.1. The Morgan fingerprint density at radius 1 is 1.40 bits per heavy atom. The van der Waals surface area contributed by atoms with Crippen molar-refractivity contribution in [3.05, 3.63) is 22.7 Å². The lowest BCUT2D eigenvalue weighted by molar-refractivity contribution is 0.0500. The van der Waals surface area contributed by atoms with Gasteiger partial charge in [0.25, 0.3) is 0 Å². The number of halogens is 1. The molecule has 0 unspecified atom stereocenters. The molecule has 1 saturated heterocycles. The molecular weight excluding hydrogens is 276 g/mol. The Bertz CT molecular complexity index is 462. The molecule has 0 aromatic heterocycles. The van der Waals surface area contributed by atoms with Crippen LogP contribution < -0.4 is 10.6 Å². The van der Waals surface area contributed by atoms with Crippen LogP contribution in [-0.4, -0.2) is 25.7 Å². The molecule has 4 nitrogen and oxygen atoms in total. The first-order chi connectivity index (χ1) is 9.63. The summed E-state index contributed by atoms with van der Waals surface area (Å²) in [7, 11) is 0. The second-order valence-electron chi connectivity index (χ2n) is 5.08. The second kappa shape index (κ2) is 6.84. The molecule has 20 heavy (non-hydrogen) atoms. The molecule has 1 aliphatic rings. The number of hydrogen-bond donors (Lipinski definition) is 1. The average molecular weight is 297 g/mol. The fourth-order valence-electron chi connectivity index (χ4n) is 2.41. The minimum absolute atomic E-state index is 0.361. The normalized spacial score (nSPS) is 14.6. The molecule has 2 N–H and O–H groups in total. The zero-order valence-corrected chi connectivity index (χ0v) is 12.6. The summed E-state index contributed by atoms with van der Waals surface area (Å²) >= 11 is 6.29. The van der Waals surface area contributed by atoms with Crippen molar-refractivity contribution >= 4 is 28.9 Å². The highest BCUT2D eigenvalue weighted by molar-refractivity contribution is 6.34. The van der Waals surface area contributed by atoms with E-state index < -0.39 is 0 Å². The van der Waals surface area contributed by atoms with Crippen LogP contribution in [0.5, 0.6) is 0 Å².